The number of hydrogen-bond donors (Lipinski definition) is 2. The number of carbonyl (C=O) groups excluding carboxylic acids is 1. The van der Waals surface area contributed by atoms with Gasteiger partial charge in [-0.1, -0.05) is 238 Å². The Labute approximate surface area is 375 Å². The number of aliphatic hydroxyl groups excluding tert-OH is 1. The van der Waals surface area contributed by atoms with Crippen molar-refractivity contribution >= 4 is 27.0 Å². The van der Waals surface area contributed by atoms with Gasteiger partial charge in [0.1, 0.15) is 0 Å². The van der Waals surface area contributed by atoms with Crippen LogP contribution in [0.3, 0.4) is 0 Å². The molecule has 0 aliphatic rings. The van der Waals surface area contributed by atoms with Gasteiger partial charge in [-0.25, -0.2) is 0 Å². The summed E-state index contributed by atoms with van der Waals surface area (Å²) in [5, 5.41) is 37.3. The molecule has 0 unspecified atom stereocenters. The molecule has 0 spiro atoms. The van der Waals surface area contributed by atoms with Crippen molar-refractivity contribution in [3.05, 3.63) is 0 Å². The molecule has 0 bridgehead atoms. The third-order valence-corrected chi connectivity index (χ3v) is 16.1. The van der Waals surface area contributed by atoms with Crippen LogP contribution in [0, 0.1) is 0 Å². The number of carbonyl (C=O) groups is 1. The Morgan fingerprint density at radius 2 is 0.724 bits per heavy atom. The van der Waals surface area contributed by atoms with E-state index in [0.717, 1.165) is 38.5 Å². The van der Waals surface area contributed by atoms with Gasteiger partial charge >= 0.3 is 69.5 Å². The Balaban J connectivity index is 0. The second-order valence-corrected chi connectivity index (χ2v) is 22.3. The van der Waals surface area contributed by atoms with Crippen molar-refractivity contribution in [3.8, 4) is 0 Å². The third-order valence-electron chi connectivity index (χ3n) is 12.1. The molecule has 0 saturated heterocycles. The molecule has 3 atom stereocenters. The zero-order valence-corrected chi connectivity index (χ0v) is 42.9. The molecule has 58 heavy (non-hydrogen) atoms. The number of unbranched alkanes of at least 4 members (excludes halogenated alkanes) is 35. The molecule has 5 nitrogen and oxygen atoms in total. The van der Waals surface area contributed by atoms with Crippen LogP contribution >= 0.6 is 0 Å². The minimum absolute atomic E-state index is 0.149. The van der Waals surface area contributed by atoms with Crippen LogP contribution in [0.5, 0.6) is 0 Å². The molecule has 0 aliphatic carbocycles. The Kier molecular flexibility index (Phi) is 55.3. The van der Waals surface area contributed by atoms with Crippen LogP contribution in [0.4, 0.5) is 0 Å². The molecular weight excluding hydrogens is 821 g/mol. The number of rotatable bonds is 47. The van der Waals surface area contributed by atoms with Gasteiger partial charge in [0.25, 0.3) is 0 Å². The van der Waals surface area contributed by atoms with Crippen molar-refractivity contribution in [1.29, 1.82) is 0 Å². The summed E-state index contributed by atoms with van der Waals surface area (Å²) in [4.78, 5) is 12.4. The van der Waals surface area contributed by atoms with E-state index >= 15 is 0 Å². The topological polar surface area (TPSA) is 95.5 Å². The van der Waals surface area contributed by atoms with Crippen LogP contribution in [0.15, 0.2) is 0 Å². The molecule has 6 heteroatoms. The maximum atomic E-state index is 12.6. The van der Waals surface area contributed by atoms with Crippen molar-refractivity contribution < 1.29 is 20.1 Å². The first kappa shape index (κ1) is 60.2. The molecule has 0 fully saturated rings. The minimum atomic E-state index is -1.44. The van der Waals surface area contributed by atoms with Gasteiger partial charge in [0.05, 0.1) is 0 Å². The number of amides is 1. The van der Waals surface area contributed by atoms with Crippen LogP contribution in [0.25, 0.3) is 0 Å². The zero-order valence-electron chi connectivity index (χ0n) is 40.0. The van der Waals surface area contributed by atoms with Crippen molar-refractivity contribution in [2.75, 3.05) is 6.61 Å². The molecule has 0 radical (unpaired) electrons. The fourth-order valence-electron chi connectivity index (χ4n) is 7.92. The fourth-order valence-corrected chi connectivity index (χ4v) is 12.1. The van der Waals surface area contributed by atoms with Gasteiger partial charge < -0.3 is 20.6 Å². The van der Waals surface area contributed by atoms with E-state index in [-0.39, 0.29) is 27.0 Å². The van der Waals surface area contributed by atoms with Gasteiger partial charge in [0, 0.05) is 18.6 Å². The summed E-state index contributed by atoms with van der Waals surface area (Å²) in [6.07, 6.45) is 49.8. The Hall–Kier alpha value is 0.149. The fraction of sp³-hybridized carbons (Fsp3) is 0.981. The van der Waals surface area contributed by atoms with Crippen LogP contribution < -0.4 is 15.5 Å². The number of aliphatic hydroxyl groups is 1. The summed E-state index contributed by atoms with van der Waals surface area (Å²) in [6.45, 7) is 8.45. The second kappa shape index (κ2) is 53.3. The molecule has 0 heterocycles. The van der Waals surface area contributed by atoms with E-state index < -0.39 is 24.9 Å². The summed E-state index contributed by atoms with van der Waals surface area (Å²) in [5.74, 6) is -0.220. The predicted octanol–water partition coefficient (Wildman–Crippen LogP) is 14.5. The van der Waals surface area contributed by atoms with Gasteiger partial charge in [0.15, 0.2) is 0 Å². The quantitative estimate of drug-likeness (QED) is 0.0469. The summed E-state index contributed by atoms with van der Waals surface area (Å²) in [5.41, 5.74) is 0. The maximum absolute atomic E-state index is 12.6. The van der Waals surface area contributed by atoms with Gasteiger partial charge in [-0.3, -0.25) is 4.79 Å². The monoisotopic (exact) mass is 928 g/mol. The molecule has 2 N–H and O–H groups in total. The van der Waals surface area contributed by atoms with Crippen molar-refractivity contribution in [2.45, 2.75) is 318 Å². The molecule has 0 rings (SSSR count). The van der Waals surface area contributed by atoms with E-state index in [2.05, 4.69) is 33.0 Å². The summed E-state index contributed by atoms with van der Waals surface area (Å²) >= 11 is 0.149. The first-order valence-electron chi connectivity index (χ1n) is 26.4. The van der Waals surface area contributed by atoms with E-state index in [1.54, 1.807) is 8.87 Å². The van der Waals surface area contributed by atoms with Gasteiger partial charge in [-0.2, -0.15) is 0 Å². The predicted molar refractivity (Wildman–Crippen MR) is 254 cm³/mol. The first-order valence-corrected chi connectivity index (χ1v) is 30.4. The average Bonchev–Trinajstić information content (AvgIpc) is 3.23. The third kappa shape index (κ3) is 48.8. The molecule has 0 aliphatic heterocycles. The van der Waals surface area contributed by atoms with Gasteiger partial charge in [0.2, 0.25) is 5.91 Å². The van der Waals surface area contributed by atoms with Gasteiger partial charge in [-0.15, -0.1) is 6.61 Å². The molecular formula is C52H105NO4Sn. The number of nitrogens with one attached hydrogen (secondary N) is 1. The van der Waals surface area contributed by atoms with Crippen molar-refractivity contribution in [1.82, 2.24) is 5.32 Å². The number of hydrogen-bond acceptors (Lipinski definition) is 4. The standard InChI is InChI=1S/C44H87NO4.2C4H9.Sn/c1-3-5-7-9-11-13-15-17-18-19-20-21-22-23-24-25-26-27-29-31-33-35-37-39-43(48)45-41(40-46)44(49)42(47)38-36-34-32-30-28-16-14-12-10-8-6-4-2;2*1-3-4-2;/h41-42,44,47H,3-40H2,1-2H3,(H,45,48);2*1,3-4H2,2H3;/q-2;;;+2/t41-,42+,44-;;;/m0.../s1. The van der Waals surface area contributed by atoms with E-state index in [9.17, 15) is 20.1 Å². The van der Waals surface area contributed by atoms with Crippen LogP contribution in [-0.2, 0) is 4.79 Å². The molecule has 0 aromatic rings. The molecule has 0 saturated carbocycles. The SMILES string of the molecule is CCCCCCCCCCCCCCCCCCCCCCCCCC(=O)N[C@@H](C[O-])[C@H]([O-])[C@H](O)CCCCCCCCCCCCCC.CCC[CH2][Sn+2][CH2]CCC. The van der Waals surface area contributed by atoms with E-state index in [1.807, 2.05) is 0 Å². The van der Waals surface area contributed by atoms with Crippen molar-refractivity contribution in [3.63, 3.8) is 0 Å². The zero-order chi connectivity index (χ0) is 42.8. The summed E-state index contributed by atoms with van der Waals surface area (Å²) in [7, 11) is 0. The molecule has 0 aromatic carbocycles. The molecule has 346 valence electrons. The van der Waals surface area contributed by atoms with Crippen molar-refractivity contribution in [2.24, 2.45) is 0 Å². The van der Waals surface area contributed by atoms with E-state index in [1.165, 1.54) is 212 Å². The van der Waals surface area contributed by atoms with Crippen LogP contribution in [0.1, 0.15) is 291 Å². The molecule has 0 aromatic heterocycles. The van der Waals surface area contributed by atoms with E-state index in [0.29, 0.717) is 12.8 Å². The normalized spacial score (nSPS) is 12.8. The van der Waals surface area contributed by atoms with Crippen LogP contribution in [-0.4, -0.2) is 57.0 Å². The Morgan fingerprint density at radius 1 is 0.448 bits per heavy atom. The first-order chi connectivity index (χ1) is 28.5. The average molecular weight is 927 g/mol. The van der Waals surface area contributed by atoms with E-state index in [4.69, 9.17) is 0 Å². The Morgan fingerprint density at radius 3 is 1.02 bits per heavy atom. The Bertz CT molecular complexity index is 749. The molecule has 1 amide bonds. The van der Waals surface area contributed by atoms with Crippen LogP contribution in [0.2, 0.25) is 8.87 Å². The van der Waals surface area contributed by atoms with Gasteiger partial charge in [-0.05, 0) is 12.8 Å². The summed E-state index contributed by atoms with van der Waals surface area (Å²) in [6, 6.07) is -1.02. The second-order valence-electron chi connectivity index (χ2n) is 18.0. The summed E-state index contributed by atoms with van der Waals surface area (Å²) < 4.78 is 3.25.